The Bertz CT molecular complexity index is 596. The Morgan fingerprint density at radius 3 is 2.53 bits per heavy atom. The van der Waals surface area contributed by atoms with Gasteiger partial charge in [0, 0.05) is 12.6 Å². The highest BCUT2D eigenvalue weighted by Crippen LogP contribution is 2.11. The molecule has 19 heavy (non-hydrogen) atoms. The molecule has 0 spiro atoms. The van der Waals surface area contributed by atoms with Gasteiger partial charge in [0.1, 0.15) is 12.0 Å². The van der Waals surface area contributed by atoms with Crippen molar-refractivity contribution in [2.24, 2.45) is 0 Å². The fraction of sp³-hybridized carbons (Fsp3) is 0.143. The lowest BCUT2D eigenvalue weighted by Crippen LogP contribution is -2.23. The van der Waals surface area contributed by atoms with E-state index in [1.165, 1.54) is 12.1 Å². The van der Waals surface area contributed by atoms with Crippen LogP contribution in [0.5, 0.6) is 5.75 Å². The first-order valence-electron chi connectivity index (χ1n) is 5.69. The summed E-state index contributed by atoms with van der Waals surface area (Å²) in [6, 6.07) is 10.0. The second-order valence-electron chi connectivity index (χ2n) is 3.87. The van der Waals surface area contributed by atoms with Gasteiger partial charge in [0.15, 0.2) is 0 Å². The van der Waals surface area contributed by atoms with E-state index in [0.29, 0.717) is 12.1 Å². The van der Waals surface area contributed by atoms with Crippen molar-refractivity contribution in [1.29, 1.82) is 0 Å². The van der Waals surface area contributed by atoms with E-state index >= 15 is 0 Å². The largest absolute Gasteiger partial charge is 0.497 e. The van der Waals surface area contributed by atoms with Crippen molar-refractivity contribution in [1.82, 2.24) is 5.32 Å². The van der Waals surface area contributed by atoms with E-state index in [2.05, 4.69) is 9.73 Å². The van der Waals surface area contributed by atoms with Gasteiger partial charge in [-0.25, -0.2) is 4.79 Å². The van der Waals surface area contributed by atoms with E-state index in [-0.39, 0.29) is 5.91 Å². The predicted molar refractivity (Wildman–Crippen MR) is 69.1 cm³/mol. The minimum absolute atomic E-state index is 0.292. The van der Waals surface area contributed by atoms with Crippen LogP contribution in [0.15, 0.2) is 51.9 Å². The standard InChI is InChI=1S/C14H13NO4/c1-18-12-5-2-10(3-6-12)8-15-14(17)11-4-7-13(16)19-9-11/h2-7,9H,8H2,1H3,(H,15,17). The topological polar surface area (TPSA) is 68.5 Å². The summed E-state index contributed by atoms with van der Waals surface area (Å²) in [6.07, 6.45) is 1.14. The van der Waals surface area contributed by atoms with Crippen molar-refractivity contribution in [3.8, 4) is 5.75 Å². The second-order valence-corrected chi connectivity index (χ2v) is 3.87. The zero-order chi connectivity index (χ0) is 13.7. The van der Waals surface area contributed by atoms with Gasteiger partial charge in [0.2, 0.25) is 0 Å². The summed E-state index contributed by atoms with van der Waals surface area (Å²) < 4.78 is 9.67. The molecule has 0 aliphatic heterocycles. The molecule has 1 aromatic carbocycles. The number of methoxy groups -OCH3 is 1. The van der Waals surface area contributed by atoms with E-state index in [1.54, 1.807) is 7.11 Å². The Balaban J connectivity index is 1.96. The van der Waals surface area contributed by atoms with Crippen molar-refractivity contribution in [3.05, 3.63) is 64.2 Å². The van der Waals surface area contributed by atoms with Crippen molar-refractivity contribution in [2.45, 2.75) is 6.54 Å². The molecule has 98 valence electrons. The highest BCUT2D eigenvalue weighted by atomic mass is 16.5. The first kappa shape index (κ1) is 12.9. The van der Waals surface area contributed by atoms with Crippen LogP contribution in [-0.4, -0.2) is 13.0 Å². The molecule has 0 unspecified atom stereocenters. The van der Waals surface area contributed by atoms with E-state index in [4.69, 9.17) is 4.74 Å². The molecule has 0 saturated heterocycles. The lowest BCUT2D eigenvalue weighted by atomic mass is 10.2. The maximum Gasteiger partial charge on any atom is 0.335 e. The Morgan fingerprint density at radius 2 is 1.95 bits per heavy atom. The van der Waals surface area contributed by atoms with E-state index in [1.807, 2.05) is 24.3 Å². The first-order valence-corrected chi connectivity index (χ1v) is 5.69. The molecule has 0 radical (unpaired) electrons. The van der Waals surface area contributed by atoms with Crippen LogP contribution in [0.2, 0.25) is 0 Å². The Kier molecular flexibility index (Phi) is 3.97. The molecule has 0 atom stereocenters. The maximum atomic E-state index is 11.8. The summed E-state index contributed by atoms with van der Waals surface area (Å²) in [5, 5.41) is 2.73. The third kappa shape index (κ3) is 3.45. The number of hydrogen-bond donors (Lipinski definition) is 1. The second kappa shape index (κ2) is 5.86. The van der Waals surface area contributed by atoms with Crippen LogP contribution in [0.25, 0.3) is 0 Å². The quantitative estimate of drug-likeness (QED) is 0.905. The molecule has 2 rings (SSSR count). The molecule has 0 aliphatic rings. The van der Waals surface area contributed by atoms with Crippen LogP contribution >= 0.6 is 0 Å². The zero-order valence-electron chi connectivity index (χ0n) is 10.4. The number of carbonyl (C=O) groups is 1. The lowest BCUT2D eigenvalue weighted by Gasteiger charge is -2.05. The van der Waals surface area contributed by atoms with Crippen molar-refractivity contribution >= 4 is 5.91 Å². The third-order valence-electron chi connectivity index (χ3n) is 2.58. The van der Waals surface area contributed by atoms with Crippen LogP contribution in [0.4, 0.5) is 0 Å². The average molecular weight is 259 g/mol. The predicted octanol–water partition coefficient (Wildman–Crippen LogP) is 1.58. The molecule has 1 amide bonds. The summed E-state index contributed by atoms with van der Waals surface area (Å²) in [4.78, 5) is 22.5. The number of rotatable bonds is 4. The molecular formula is C14H13NO4. The monoisotopic (exact) mass is 259 g/mol. The number of ether oxygens (including phenoxy) is 1. The Hall–Kier alpha value is -2.56. The van der Waals surface area contributed by atoms with Crippen LogP contribution < -0.4 is 15.7 Å². The van der Waals surface area contributed by atoms with E-state index in [0.717, 1.165) is 17.6 Å². The lowest BCUT2D eigenvalue weighted by molar-refractivity contribution is 0.0948. The number of amides is 1. The van der Waals surface area contributed by atoms with E-state index < -0.39 is 5.63 Å². The fourth-order valence-electron chi connectivity index (χ4n) is 1.51. The van der Waals surface area contributed by atoms with Gasteiger partial charge in [-0.15, -0.1) is 0 Å². The van der Waals surface area contributed by atoms with Gasteiger partial charge < -0.3 is 14.5 Å². The summed E-state index contributed by atoms with van der Waals surface area (Å²) in [7, 11) is 1.60. The van der Waals surface area contributed by atoms with Gasteiger partial charge >= 0.3 is 5.63 Å². The molecule has 1 N–H and O–H groups in total. The molecule has 2 aromatic rings. The molecule has 5 nitrogen and oxygen atoms in total. The first-order chi connectivity index (χ1) is 9.19. The van der Waals surface area contributed by atoms with Crippen molar-refractivity contribution in [2.75, 3.05) is 7.11 Å². The zero-order valence-corrected chi connectivity index (χ0v) is 10.4. The molecule has 5 heteroatoms. The minimum Gasteiger partial charge on any atom is -0.497 e. The highest BCUT2D eigenvalue weighted by Gasteiger charge is 2.05. The number of benzene rings is 1. The molecule has 0 fully saturated rings. The van der Waals surface area contributed by atoms with Crippen molar-refractivity contribution < 1.29 is 13.9 Å². The van der Waals surface area contributed by atoms with Crippen LogP contribution in [0, 0.1) is 0 Å². The van der Waals surface area contributed by atoms with Crippen LogP contribution in [0.3, 0.4) is 0 Å². The summed E-state index contributed by atoms with van der Waals surface area (Å²) in [5.74, 6) is 0.472. The van der Waals surface area contributed by atoms with Gasteiger partial charge in [0.05, 0.1) is 12.7 Å². The molecule has 0 saturated carbocycles. The van der Waals surface area contributed by atoms with Crippen LogP contribution in [-0.2, 0) is 6.54 Å². The minimum atomic E-state index is -0.480. The molecule has 0 bridgehead atoms. The van der Waals surface area contributed by atoms with Gasteiger partial charge in [-0.05, 0) is 23.8 Å². The number of carbonyl (C=O) groups excluding carboxylic acids is 1. The molecule has 1 aromatic heterocycles. The highest BCUT2D eigenvalue weighted by molar-refractivity contribution is 5.93. The summed E-state index contributed by atoms with van der Waals surface area (Å²) >= 11 is 0. The smallest absolute Gasteiger partial charge is 0.335 e. The Labute approximate surface area is 109 Å². The normalized spacial score (nSPS) is 9.95. The van der Waals surface area contributed by atoms with E-state index in [9.17, 15) is 9.59 Å². The molecule has 1 heterocycles. The SMILES string of the molecule is COc1ccc(CNC(=O)c2ccc(=O)oc2)cc1. The number of nitrogens with one attached hydrogen (secondary N) is 1. The number of hydrogen-bond acceptors (Lipinski definition) is 4. The van der Waals surface area contributed by atoms with Gasteiger partial charge in [0.25, 0.3) is 5.91 Å². The van der Waals surface area contributed by atoms with Gasteiger partial charge in [-0.3, -0.25) is 4.79 Å². The van der Waals surface area contributed by atoms with Gasteiger partial charge in [-0.2, -0.15) is 0 Å². The van der Waals surface area contributed by atoms with Crippen molar-refractivity contribution in [3.63, 3.8) is 0 Å². The summed E-state index contributed by atoms with van der Waals surface area (Å²) in [6.45, 7) is 0.391. The molecular weight excluding hydrogens is 246 g/mol. The maximum absolute atomic E-state index is 11.8. The van der Waals surface area contributed by atoms with Crippen LogP contribution in [0.1, 0.15) is 15.9 Å². The summed E-state index contributed by atoms with van der Waals surface area (Å²) in [5.41, 5.74) is 0.784. The van der Waals surface area contributed by atoms with Gasteiger partial charge in [-0.1, -0.05) is 12.1 Å². The Morgan fingerprint density at radius 1 is 1.21 bits per heavy atom. The fourth-order valence-corrected chi connectivity index (χ4v) is 1.51. The molecule has 0 aliphatic carbocycles. The third-order valence-corrected chi connectivity index (χ3v) is 2.58. The average Bonchev–Trinajstić information content (AvgIpc) is 2.46.